The molecule has 122 valence electrons. The third-order valence-corrected chi connectivity index (χ3v) is 4.42. The summed E-state index contributed by atoms with van der Waals surface area (Å²) >= 11 is 0. The zero-order valence-electron chi connectivity index (χ0n) is 12.9. The number of hydrogen-bond donors (Lipinski definition) is 1. The Morgan fingerprint density at radius 1 is 1.27 bits per heavy atom. The van der Waals surface area contributed by atoms with E-state index < -0.39 is 0 Å². The molecule has 5 heteroatoms. The standard InChI is InChI=1S/C17H24N2O2.ClH/c20-17(16-7-4-9-18-16)19-10-8-15(11-19)13-21-12-14-5-2-1-3-6-14;/h1-3,5-6,15-16,18H,4,7-13H2;1H. The molecule has 2 heterocycles. The molecule has 1 amide bonds. The Labute approximate surface area is 138 Å². The molecule has 1 aromatic rings. The van der Waals surface area contributed by atoms with E-state index in [1.165, 1.54) is 5.56 Å². The summed E-state index contributed by atoms with van der Waals surface area (Å²) in [5.41, 5.74) is 1.21. The Balaban J connectivity index is 0.00000176. The van der Waals surface area contributed by atoms with Crippen molar-refractivity contribution in [3.05, 3.63) is 35.9 Å². The van der Waals surface area contributed by atoms with Gasteiger partial charge in [-0.15, -0.1) is 12.4 Å². The van der Waals surface area contributed by atoms with Crippen LogP contribution in [0.15, 0.2) is 30.3 Å². The molecule has 1 aromatic carbocycles. The minimum atomic E-state index is 0. The van der Waals surface area contributed by atoms with Gasteiger partial charge in [-0.3, -0.25) is 4.79 Å². The van der Waals surface area contributed by atoms with Crippen LogP contribution in [0, 0.1) is 5.92 Å². The van der Waals surface area contributed by atoms with Crippen LogP contribution in [-0.4, -0.2) is 43.1 Å². The van der Waals surface area contributed by atoms with Gasteiger partial charge in [0.2, 0.25) is 5.91 Å². The molecular formula is C17H25ClN2O2. The van der Waals surface area contributed by atoms with Gasteiger partial charge in [-0.2, -0.15) is 0 Å². The van der Waals surface area contributed by atoms with Gasteiger partial charge in [-0.05, 0) is 31.4 Å². The second-order valence-corrected chi connectivity index (χ2v) is 6.09. The Morgan fingerprint density at radius 2 is 2.09 bits per heavy atom. The smallest absolute Gasteiger partial charge is 0.239 e. The topological polar surface area (TPSA) is 41.6 Å². The van der Waals surface area contributed by atoms with Crippen LogP contribution in [0.1, 0.15) is 24.8 Å². The Morgan fingerprint density at radius 3 is 2.82 bits per heavy atom. The maximum atomic E-state index is 12.3. The summed E-state index contributed by atoms with van der Waals surface area (Å²) in [5.74, 6) is 0.775. The molecule has 2 aliphatic rings. The van der Waals surface area contributed by atoms with Crippen molar-refractivity contribution in [1.29, 1.82) is 0 Å². The van der Waals surface area contributed by atoms with Crippen molar-refractivity contribution in [3.63, 3.8) is 0 Å². The predicted octanol–water partition coefficient (Wildman–Crippen LogP) is 2.23. The summed E-state index contributed by atoms with van der Waals surface area (Å²) in [6.07, 6.45) is 3.17. The number of hydrogen-bond acceptors (Lipinski definition) is 3. The van der Waals surface area contributed by atoms with Crippen LogP contribution in [0.2, 0.25) is 0 Å². The van der Waals surface area contributed by atoms with Gasteiger partial charge in [0.05, 0.1) is 19.3 Å². The normalized spacial score (nSPS) is 24.3. The third-order valence-electron chi connectivity index (χ3n) is 4.42. The first kappa shape index (κ1) is 17.3. The first-order chi connectivity index (χ1) is 10.3. The van der Waals surface area contributed by atoms with Gasteiger partial charge < -0.3 is 15.0 Å². The molecule has 0 radical (unpaired) electrons. The van der Waals surface area contributed by atoms with Crippen LogP contribution in [-0.2, 0) is 16.1 Å². The highest BCUT2D eigenvalue weighted by molar-refractivity contribution is 5.85. The van der Waals surface area contributed by atoms with Crippen LogP contribution in [0.3, 0.4) is 0 Å². The van der Waals surface area contributed by atoms with Crippen LogP contribution >= 0.6 is 12.4 Å². The number of amides is 1. The highest BCUT2D eigenvalue weighted by atomic mass is 35.5. The average Bonchev–Trinajstić information content (AvgIpc) is 3.19. The molecule has 2 unspecified atom stereocenters. The van der Waals surface area contributed by atoms with Gasteiger partial charge in [0.1, 0.15) is 0 Å². The summed E-state index contributed by atoms with van der Waals surface area (Å²) < 4.78 is 5.80. The summed E-state index contributed by atoms with van der Waals surface area (Å²) in [6, 6.07) is 10.3. The molecule has 0 aromatic heterocycles. The summed E-state index contributed by atoms with van der Waals surface area (Å²) in [6.45, 7) is 4.13. The van der Waals surface area contributed by atoms with Gasteiger partial charge in [-0.1, -0.05) is 30.3 Å². The quantitative estimate of drug-likeness (QED) is 0.903. The molecule has 2 aliphatic heterocycles. The second-order valence-electron chi connectivity index (χ2n) is 6.09. The van der Waals surface area contributed by atoms with E-state index in [2.05, 4.69) is 17.4 Å². The fourth-order valence-electron chi connectivity index (χ4n) is 3.20. The largest absolute Gasteiger partial charge is 0.376 e. The first-order valence-electron chi connectivity index (χ1n) is 7.97. The number of halogens is 1. The van der Waals surface area contributed by atoms with Crippen molar-refractivity contribution in [2.75, 3.05) is 26.2 Å². The monoisotopic (exact) mass is 324 g/mol. The summed E-state index contributed by atoms with van der Waals surface area (Å²) in [4.78, 5) is 14.3. The van der Waals surface area contributed by atoms with Crippen LogP contribution in [0.25, 0.3) is 0 Å². The number of carbonyl (C=O) groups is 1. The van der Waals surface area contributed by atoms with Crippen molar-refractivity contribution in [1.82, 2.24) is 10.2 Å². The molecule has 0 aliphatic carbocycles. The second kappa shape index (κ2) is 8.51. The van der Waals surface area contributed by atoms with Crippen molar-refractivity contribution in [2.45, 2.75) is 31.9 Å². The molecule has 4 nitrogen and oxygen atoms in total. The Bertz CT molecular complexity index is 463. The van der Waals surface area contributed by atoms with Gasteiger partial charge in [-0.25, -0.2) is 0 Å². The molecule has 0 spiro atoms. The summed E-state index contributed by atoms with van der Waals surface area (Å²) in [7, 11) is 0. The molecule has 2 fully saturated rings. The lowest BCUT2D eigenvalue weighted by molar-refractivity contribution is -0.132. The number of nitrogens with zero attached hydrogens (tertiary/aromatic N) is 1. The zero-order chi connectivity index (χ0) is 14.5. The van der Waals surface area contributed by atoms with E-state index in [0.29, 0.717) is 12.5 Å². The van der Waals surface area contributed by atoms with Crippen molar-refractivity contribution < 1.29 is 9.53 Å². The molecule has 0 bridgehead atoms. The van der Waals surface area contributed by atoms with Gasteiger partial charge >= 0.3 is 0 Å². The summed E-state index contributed by atoms with van der Waals surface area (Å²) in [5, 5.41) is 3.29. The Hall–Kier alpha value is -1.10. The lowest BCUT2D eigenvalue weighted by Crippen LogP contribution is -2.42. The van der Waals surface area contributed by atoms with Gasteiger partial charge in [0.15, 0.2) is 0 Å². The molecule has 0 saturated carbocycles. The lowest BCUT2D eigenvalue weighted by Gasteiger charge is -2.20. The first-order valence-corrected chi connectivity index (χ1v) is 7.97. The van der Waals surface area contributed by atoms with Gasteiger partial charge in [0.25, 0.3) is 0 Å². The van der Waals surface area contributed by atoms with E-state index in [4.69, 9.17) is 4.74 Å². The molecule has 2 atom stereocenters. The van der Waals surface area contributed by atoms with Crippen LogP contribution in [0.5, 0.6) is 0 Å². The van der Waals surface area contributed by atoms with Crippen molar-refractivity contribution >= 4 is 18.3 Å². The zero-order valence-corrected chi connectivity index (χ0v) is 13.7. The number of benzene rings is 1. The molecular weight excluding hydrogens is 300 g/mol. The molecule has 22 heavy (non-hydrogen) atoms. The minimum Gasteiger partial charge on any atom is -0.376 e. The lowest BCUT2D eigenvalue weighted by atomic mass is 10.1. The van der Waals surface area contributed by atoms with E-state index in [0.717, 1.165) is 45.5 Å². The number of rotatable bonds is 5. The maximum absolute atomic E-state index is 12.3. The molecule has 3 rings (SSSR count). The van der Waals surface area contributed by atoms with Gasteiger partial charge in [0, 0.05) is 19.0 Å². The third kappa shape index (κ3) is 4.45. The van der Waals surface area contributed by atoms with Crippen LogP contribution < -0.4 is 5.32 Å². The number of likely N-dealkylation sites (tertiary alicyclic amines) is 1. The fraction of sp³-hybridized carbons (Fsp3) is 0.588. The number of ether oxygens (including phenoxy) is 1. The average molecular weight is 325 g/mol. The van der Waals surface area contributed by atoms with Crippen molar-refractivity contribution in [2.24, 2.45) is 5.92 Å². The predicted molar refractivity (Wildman–Crippen MR) is 89.1 cm³/mol. The fourth-order valence-corrected chi connectivity index (χ4v) is 3.20. The van der Waals surface area contributed by atoms with Crippen LogP contribution in [0.4, 0.5) is 0 Å². The van der Waals surface area contributed by atoms with E-state index in [1.807, 2.05) is 23.1 Å². The maximum Gasteiger partial charge on any atom is 0.239 e. The molecule has 2 saturated heterocycles. The number of carbonyl (C=O) groups excluding carboxylic acids is 1. The SMILES string of the molecule is Cl.O=C(C1CCCN1)N1CCC(COCc2ccccc2)C1. The van der Waals surface area contributed by atoms with Crippen molar-refractivity contribution in [3.8, 4) is 0 Å². The Kier molecular flexibility index (Phi) is 6.68. The highest BCUT2D eigenvalue weighted by Gasteiger charge is 2.32. The van der Waals surface area contributed by atoms with E-state index in [9.17, 15) is 4.79 Å². The number of nitrogens with one attached hydrogen (secondary N) is 1. The molecule has 1 N–H and O–H groups in total. The van der Waals surface area contributed by atoms with E-state index in [1.54, 1.807) is 0 Å². The van der Waals surface area contributed by atoms with E-state index in [-0.39, 0.29) is 24.4 Å². The minimum absolute atomic E-state index is 0. The highest BCUT2D eigenvalue weighted by Crippen LogP contribution is 2.20. The van der Waals surface area contributed by atoms with E-state index >= 15 is 0 Å².